The highest BCUT2D eigenvalue weighted by Gasteiger charge is 2.20. The summed E-state index contributed by atoms with van der Waals surface area (Å²) >= 11 is 0. The van der Waals surface area contributed by atoms with Gasteiger partial charge in [-0.3, -0.25) is 0 Å². The molecule has 0 aromatic heterocycles. The molecule has 0 saturated carbocycles. The van der Waals surface area contributed by atoms with Crippen molar-refractivity contribution in [3.8, 4) is 5.75 Å². The van der Waals surface area contributed by atoms with Crippen LogP contribution < -0.4 is 4.74 Å². The average Bonchev–Trinajstić information content (AvgIpc) is 2.81. The lowest BCUT2D eigenvalue weighted by atomic mass is 10.1. The zero-order chi connectivity index (χ0) is 14.1. The Bertz CT molecular complexity index is 631. The van der Waals surface area contributed by atoms with Crippen LogP contribution in [0.1, 0.15) is 40.3 Å². The molecule has 0 radical (unpaired) electrons. The number of rotatable bonds is 3. The van der Waals surface area contributed by atoms with Crippen LogP contribution in [0.5, 0.6) is 5.75 Å². The van der Waals surface area contributed by atoms with Gasteiger partial charge in [-0.25, -0.2) is 0 Å². The van der Waals surface area contributed by atoms with Crippen molar-refractivity contribution in [2.24, 2.45) is 0 Å². The standard InChI is InChI=1S/C18H20O2/c1-12-3-4-14(9-13(12)2)11-20-16-6-7-17-15(10-16)5-8-18(17)19/h3-4,6-7,9-10,18-19H,5,8,11H2,1-2H3/t18-/m0/s1. The molecular formula is C18H20O2. The zero-order valence-electron chi connectivity index (χ0n) is 12.0. The number of aliphatic hydroxyl groups is 1. The summed E-state index contributed by atoms with van der Waals surface area (Å²) in [6.45, 7) is 4.82. The van der Waals surface area contributed by atoms with E-state index in [0.717, 1.165) is 24.2 Å². The van der Waals surface area contributed by atoms with Gasteiger partial charge in [0.15, 0.2) is 0 Å². The second kappa shape index (κ2) is 5.29. The van der Waals surface area contributed by atoms with E-state index >= 15 is 0 Å². The molecule has 1 aliphatic rings. The number of hydrogen-bond acceptors (Lipinski definition) is 2. The minimum Gasteiger partial charge on any atom is -0.489 e. The van der Waals surface area contributed by atoms with E-state index in [-0.39, 0.29) is 6.10 Å². The van der Waals surface area contributed by atoms with Crippen molar-refractivity contribution in [2.75, 3.05) is 0 Å². The number of benzene rings is 2. The second-order valence-corrected chi connectivity index (χ2v) is 5.62. The molecule has 1 atom stereocenters. The Morgan fingerprint density at radius 2 is 1.95 bits per heavy atom. The van der Waals surface area contributed by atoms with Crippen LogP contribution in [0, 0.1) is 13.8 Å². The molecular weight excluding hydrogens is 248 g/mol. The molecule has 0 saturated heterocycles. The fourth-order valence-corrected chi connectivity index (χ4v) is 2.72. The van der Waals surface area contributed by atoms with Gasteiger partial charge in [0.25, 0.3) is 0 Å². The van der Waals surface area contributed by atoms with Gasteiger partial charge in [-0.2, -0.15) is 0 Å². The van der Waals surface area contributed by atoms with E-state index in [1.807, 2.05) is 12.1 Å². The van der Waals surface area contributed by atoms with Crippen molar-refractivity contribution < 1.29 is 9.84 Å². The van der Waals surface area contributed by atoms with E-state index in [2.05, 4.69) is 38.1 Å². The van der Waals surface area contributed by atoms with Crippen LogP contribution in [-0.2, 0) is 13.0 Å². The average molecular weight is 268 g/mol. The van der Waals surface area contributed by atoms with E-state index in [1.165, 1.54) is 22.3 Å². The number of aliphatic hydroxyl groups excluding tert-OH is 1. The number of ether oxygens (including phenoxy) is 1. The Labute approximate surface area is 120 Å². The first-order valence-corrected chi connectivity index (χ1v) is 7.13. The lowest BCUT2D eigenvalue weighted by Crippen LogP contribution is -1.97. The third-order valence-corrected chi connectivity index (χ3v) is 4.14. The van der Waals surface area contributed by atoms with Gasteiger partial charge in [0.05, 0.1) is 6.10 Å². The Hall–Kier alpha value is -1.80. The molecule has 0 spiro atoms. The number of aryl methyl sites for hydroxylation is 3. The summed E-state index contributed by atoms with van der Waals surface area (Å²) < 4.78 is 5.87. The van der Waals surface area contributed by atoms with Gasteiger partial charge < -0.3 is 9.84 Å². The Morgan fingerprint density at radius 3 is 2.75 bits per heavy atom. The van der Waals surface area contributed by atoms with E-state index in [0.29, 0.717) is 6.61 Å². The van der Waals surface area contributed by atoms with Gasteiger partial charge in [-0.15, -0.1) is 0 Å². The predicted molar refractivity (Wildman–Crippen MR) is 80.0 cm³/mol. The van der Waals surface area contributed by atoms with Gasteiger partial charge in [-0.1, -0.05) is 24.3 Å². The van der Waals surface area contributed by atoms with E-state index < -0.39 is 0 Å². The molecule has 0 bridgehead atoms. The van der Waals surface area contributed by atoms with Gasteiger partial charge >= 0.3 is 0 Å². The fourth-order valence-electron chi connectivity index (χ4n) is 2.72. The first-order valence-electron chi connectivity index (χ1n) is 7.13. The van der Waals surface area contributed by atoms with E-state index in [9.17, 15) is 5.11 Å². The summed E-state index contributed by atoms with van der Waals surface area (Å²) in [4.78, 5) is 0. The molecule has 2 aromatic carbocycles. The molecule has 104 valence electrons. The summed E-state index contributed by atoms with van der Waals surface area (Å²) in [5.41, 5.74) is 6.07. The molecule has 0 unspecified atom stereocenters. The molecule has 20 heavy (non-hydrogen) atoms. The van der Waals surface area contributed by atoms with Crippen LogP contribution in [0.2, 0.25) is 0 Å². The van der Waals surface area contributed by atoms with E-state index in [4.69, 9.17) is 4.74 Å². The Balaban J connectivity index is 1.71. The fraction of sp³-hybridized carbons (Fsp3) is 0.333. The van der Waals surface area contributed by atoms with E-state index in [1.54, 1.807) is 0 Å². The monoisotopic (exact) mass is 268 g/mol. The summed E-state index contributed by atoms with van der Waals surface area (Å²) in [7, 11) is 0. The quantitative estimate of drug-likeness (QED) is 0.916. The maximum atomic E-state index is 9.80. The summed E-state index contributed by atoms with van der Waals surface area (Å²) in [6, 6.07) is 12.4. The lowest BCUT2D eigenvalue weighted by molar-refractivity contribution is 0.180. The Kier molecular flexibility index (Phi) is 3.49. The van der Waals surface area contributed by atoms with Crippen LogP contribution in [0.3, 0.4) is 0 Å². The highest BCUT2D eigenvalue weighted by molar-refractivity contribution is 5.40. The summed E-state index contributed by atoms with van der Waals surface area (Å²) in [5.74, 6) is 0.885. The number of fused-ring (bicyclic) bond motifs is 1. The minimum atomic E-state index is -0.293. The third-order valence-electron chi connectivity index (χ3n) is 4.14. The Morgan fingerprint density at radius 1 is 1.10 bits per heavy atom. The topological polar surface area (TPSA) is 29.5 Å². The van der Waals surface area contributed by atoms with Gasteiger partial charge in [-0.05, 0) is 66.6 Å². The van der Waals surface area contributed by atoms with Crippen LogP contribution in [0.4, 0.5) is 0 Å². The molecule has 1 aliphatic carbocycles. The van der Waals surface area contributed by atoms with Crippen molar-refractivity contribution in [1.29, 1.82) is 0 Å². The highest BCUT2D eigenvalue weighted by Crippen LogP contribution is 2.33. The SMILES string of the molecule is Cc1ccc(COc2ccc3c(c2)CC[C@@H]3O)cc1C. The molecule has 0 heterocycles. The first-order chi connectivity index (χ1) is 9.63. The maximum absolute atomic E-state index is 9.80. The molecule has 3 rings (SSSR count). The minimum absolute atomic E-state index is 0.293. The second-order valence-electron chi connectivity index (χ2n) is 5.62. The van der Waals surface area contributed by atoms with Crippen molar-refractivity contribution in [3.05, 3.63) is 64.2 Å². The largest absolute Gasteiger partial charge is 0.489 e. The molecule has 2 heteroatoms. The lowest BCUT2D eigenvalue weighted by Gasteiger charge is -2.10. The molecule has 0 amide bonds. The molecule has 2 nitrogen and oxygen atoms in total. The van der Waals surface area contributed by atoms with Crippen LogP contribution in [0.15, 0.2) is 36.4 Å². The molecule has 2 aromatic rings. The van der Waals surface area contributed by atoms with Crippen LogP contribution in [0.25, 0.3) is 0 Å². The maximum Gasteiger partial charge on any atom is 0.120 e. The summed E-state index contributed by atoms with van der Waals surface area (Å²) in [6.07, 6.45) is 1.48. The smallest absolute Gasteiger partial charge is 0.120 e. The number of hydrogen-bond donors (Lipinski definition) is 1. The third kappa shape index (κ3) is 2.56. The first kappa shape index (κ1) is 13.2. The van der Waals surface area contributed by atoms with Crippen molar-refractivity contribution in [1.82, 2.24) is 0 Å². The molecule has 0 fully saturated rings. The zero-order valence-corrected chi connectivity index (χ0v) is 12.0. The van der Waals surface area contributed by atoms with Gasteiger partial charge in [0.2, 0.25) is 0 Å². The predicted octanol–water partition coefficient (Wildman–Crippen LogP) is 3.86. The van der Waals surface area contributed by atoms with Crippen LogP contribution in [-0.4, -0.2) is 5.11 Å². The summed E-state index contributed by atoms with van der Waals surface area (Å²) in [5, 5.41) is 9.80. The normalized spacial score (nSPS) is 17.1. The van der Waals surface area contributed by atoms with Crippen LogP contribution >= 0.6 is 0 Å². The molecule has 0 aliphatic heterocycles. The highest BCUT2D eigenvalue weighted by atomic mass is 16.5. The van der Waals surface area contributed by atoms with Crippen molar-refractivity contribution in [2.45, 2.75) is 39.4 Å². The molecule has 1 N–H and O–H groups in total. The van der Waals surface area contributed by atoms with Crippen molar-refractivity contribution in [3.63, 3.8) is 0 Å². The van der Waals surface area contributed by atoms with Gasteiger partial charge in [0, 0.05) is 0 Å². The van der Waals surface area contributed by atoms with Gasteiger partial charge in [0.1, 0.15) is 12.4 Å². The van der Waals surface area contributed by atoms with Crippen molar-refractivity contribution >= 4 is 0 Å².